The third-order valence-corrected chi connectivity index (χ3v) is 5.30. The zero-order valence-corrected chi connectivity index (χ0v) is 16.8. The van der Waals surface area contributed by atoms with Gasteiger partial charge in [-0.05, 0) is 29.8 Å². The molecule has 0 N–H and O–H groups in total. The van der Waals surface area contributed by atoms with Gasteiger partial charge in [0.25, 0.3) is 0 Å². The van der Waals surface area contributed by atoms with Crippen LogP contribution < -0.4 is 0 Å². The zero-order chi connectivity index (χ0) is 16.9. The SMILES string of the molecule is C=CCn1nc(SCc2ccc(Br)cc2)nc1-c1ccc(Br)cc1. The molecule has 3 nitrogen and oxygen atoms in total. The summed E-state index contributed by atoms with van der Waals surface area (Å²) in [5.74, 6) is 1.70. The van der Waals surface area contributed by atoms with Crippen LogP contribution in [0.2, 0.25) is 0 Å². The van der Waals surface area contributed by atoms with Gasteiger partial charge in [0.05, 0.1) is 6.54 Å². The van der Waals surface area contributed by atoms with Crippen LogP contribution in [-0.2, 0) is 12.3 Å². The van der Waals surface area contributed by atoms with Gasteiger partial charge in [-0.25, -0.2) is 9.67 Å². The molecule has 6 heteroatoms. The second-order valence-corrected chi connectivity index (χ2v) is 7.88. The molecule has 1 heterocycles. The fourth-order valence-electron chi connectivity index (χ4n) is 2.17. The van der Waals surface area contributed by atoms with Crippen molar-refractivity contribution < 1.29 is 0 Å². The first-order valence-corrected chi connectivity index (χ1v) is 9.92. The molecular weight excluding hydrogens is 450 g/mol. The maximum Gasteiger partial charge on any atom is 0.209 e. The summed E-state index contributed by atoms with van der Waals surface area (Å²) in [6.07, 6.45) is 1.83. The Hall–Kier alpha value is -1.37. The van der Waals surface area contributed by atoms with E-state index in [4.69, 9.17) is 4.98 Å². The molecular formula is C18H15Br2N3S. The van der Waals surface area contributed by atoms with E-state index in [0.29, 0.717) is 6.54 Å². The molecule has 0 atom stereocenters. The van der Waals surface area contributed by atoms with Crippen molar-refractivity contribution in [1.29, 1.82) is 0 Å². The number of allylic oxidation sites excluding steroid dienone is 1. The van der Waals surface area contributed by atoms with Crippen LogP contribution in [0.1, 0.15) is 5.56 Å². The molecule has 0 amide bonds. The second kappa shape index (κ2) is 8.14. The lowest BCUT2D eigenvalue weighted by Crippen LogP contribution is -2.00. The Morgan fingerprint density at radius 2 is 1.62 bits per heavy atom. The fourth-order valence-corrected chi connectivity index (χ4v) is 3.50. The quantitative estimate of drug-likeness (QED) is 0.333. The van der Waals surface area contributed by atoms with Crippen molar-refractivity contribution in [2.75, 3.05) is 0 Å². The predicted octanol–water partition coefficient (Wildman–Crippen LogP) is 5.95. The maximum absolute atomic E-state index is 4.70. The molecule has 24 heavy (non-hydrogen) atoms. The Balaban J connectivity index is 1.81. The van der Waals surface area contributed by atoms with Gasteiger partial charge in [-0.15, -0.1) is 11.7 Å². The molecule has 0 radical (unpaired) electrons. The summed E-state index contributed by atoms with van der Waals surface area (Å²) in [5.41, 5.74) is 2.29. The summed E-state index contributed by atoms with van der Waals surface area (Å²) >= 11 is 8.55. The average Bonchev–Trinajstić information content (AvgIpc) is 2.98. The van der Waals surface area contributed by atoms with Crippen molar-refractivity contribution in [3.05, 3.63) is 75.7 Å². The number of rotatable bonds is 6. The van der Waals surface area contributed by atoms with E-state index in [9.17, 15) is 0 Å². The maximum atomic E-state index is 4.70. The number of benzene rings is 2. The van der Waals surface area contributed by atoms with Crippen LogP contribution in [0.4, 0.5) is 0 Å². The summed E-state index contributed by atoms with van der Waals surface area (Å²) in [5, 5.41) is 5.38. The van der Waals surface area contributed by atoms with Gasteiger partial charge in [0, 0.05) is 20.3 Å². The fraction of sp³-hybridized carbons (Fsp3) is 0.111. The van der Waals surface area contributed by atoms with Crippen molar-refractivity contribution in [3.63, 3.8) is 0 Å². The molecule has 0 aliphatic heterocycles. The van der Waals surface area contributed by atoms with Crippen LogP contribution in [0, 0.1) is 0 Å². The molecule has 0 spiro atoms. The van der Waals surface area contributed by atoms with Gasteiger partial charge in [0.15, 0.2) is 5.82 Å². The highest BCUT2D eigenvalue weighted by Gasteiger charge is 2.12. The van der Waals surface area contributed by atoms with Crippen molar-refractivity contribution in [2.45, 2.75) is 17.5 Å². The van der Waals surface area contributed by atoms with E-state index in [-0.39, 0.29) is 0 Å². The van der Waals surface area contributed by atoms with Crippen molar-refractivity contribution >= 4 is 43.6 Å². The number of thioether (sulfide) groups is 1. The summed E-state index contributed by atoms with van der Waals surface area (Å²) in [6, 6.07) is 16.4. The summed E-state index contributed by atoms with van der Waals surface area (Å²) in [7, 11) is 0. The summed E-state index contributed by atoms with van der Waals surface area (Å²) in [6.45, 7) is 4.44. The Labute approximate surface area is 162 Å². The molecule has 3 aromatic rings. The van der Waals surface area contributed by atoms with E-state index < -0.39 is 0 Å². The zero-order valence-electron chi connectivity index (χ0n) is 12.8. The minimum atomic E-state index is 0.636. The lowest BCUT2D eigenvalue weighted by molar-refractivity contribution is 0.687. The predicted molar refractivity (Wildman–Crippen MR) is 107 cm³/mol. The third kappa shape index (κ3) is 4.37. The van der Waals surface area contributed by atoms with E-state index in [0.717, 1.165) is 31.2 Å². The van der Waals surface area contributed by atoms with Crippen molar-refractivity contribution in [2.24, 2.45) is 0 Å². The van der Waals surface area contributed by atoms with Crippen LogP contribution in [0.25, 0.3) is 11.4 Å². The standard InChI is InChI=1S/C18H15Br2N3S/c1-2-11-23-17(14-5-9-16(20)10-6-14)21-18(22-23)24-12-13-3-7-15(19)8-4-13/h2-10H,1,11-12H2. The Kier molecular flexibility index (Phi) is 5.92. The highest BCUT2D eigenvalue weighted by Crippen LogP contribution is 2.26. The average molecular weight is 465 g/mol. The van der Waals surface area contributed by atoms with Crippen LogP contribution in [0.15, 0.2) is 75.3 Å². The largest absolute Gasteiger partial charge is 0.241 e. The Bertz CT molecular complexity index is 826. The second-order valence-electron chi connectivity index (χ2n) is 5.11. The van der Waals surface area contributed by atoms with Crippen LogP contribution in [0.5, 0.6) is 0 Å². The smallest absolute Gasteiger partial charge is 0.209 e. The number of nitrogens with zero attached hydrogens (tertiary/aromatic N) is 3. The van der Waals surface area contributed by atoms with Crippen LogP contribution in [0.3, 0.4) is 0 Å². The molecule has 122 valence electrons. The molecule has 0 unspecified atom stereocenters. The van der Waals surface area contributed by atoms with E-state index >= 15 is 0 Å². The van der Waals surface area contributed by atoms with E-state index in [1.807, 2.05) is 47.2 Å². The normalized spacial score (nSPS) is 10.8. The van der Waals surface area contributed by atoms with Crippen molar-refractivity contribution in [3.8, 4) is 11.4 Å². The molecule has 3 rings (SSSR count). The topological polar surface area (TPSA) is 30.7 Å². The third-order valence-electron chi connectivity index (χ3n) is 3.34. The highest BCUT2D eigenvalue weighted by atomic mass is 79.9. The van der Waals surface area contributed by atoms with Crippen molar-refractivity contribution in [1.82, 2.24) is 14.8 Å². The summed E-state index contributed by atoms with van der Waals surface area (Å²) < 4.78 is 4.02. The van der Waals surface area contributed by atoms with E-state index in [2.05, 4.69) is 55.7 Å². The van der Waals surface area contributed by atoms with Gasteiger partial charge >= 0.3 is 0 Å². The van der Waals surface area contributed by atoms with Gasteiger partial charge < -0.3 is 0 Å². The number of hydrogen-bond donors (Lipinski definition) is 0. The summed E-state index contributed by atoms with van der Waals surface area (Å²) in [4.78, 5) is 4.70. The lowest BCUT2D eigenvalue weighted by Gasteiger charge is -2.02. The molecule has 0 aliphatic carbocycles. The number of halogens is 2. The lowest BCUT2D eigenvalue weighted by atomic mass is 10.2. The van der Waals surface area contributed by atoms with Gasteiger partial charge in [0.1, 0.15) is 0 Å². The Morgan fingerprint density at radius 3 is 2.25 bits per heavy atom. The molecule has 0 saturated carbocycles. The molecule has 0 saturated heterocycles. The minimum absolute atomic E-state index is 0.636. The van der Waals surface area contributed by atoms with Gasteiger partial charge in [-0.2, -0.15) is 0 Å². The van der Waals surface area contributed by atoms with Gasteiger partial charge in [0.2, 0.25) is 5.16 Å². The molecule has 2 aromatic carbocycles. The first-order chi connectivity index (χ1) is 11.7. The first kappa shape index (κ1) is 17.5. The number of aromatic nitrogens is 3. The molecule has 0 fully saturated rings. The minimum Gasteiger partial charge on any atom is -0.241 e. The molecule has 1 aromatic heterocycles. The highest BCUT2D eigenvalue weighted by molar-refractivity contribution is 9.10. The molecule has 0 aliphatic rings. The molecule has 0 bridgehead atoms. The van der Waals surface area contributed by atoms with E-state index in [1.165, 1.54) is 5.56 Å². The van der Waals surface area contributed by atoms with Crippen LogP contribution >= 0.6 is 43.6 Å². The first-order valence-electron chi connectivity index (χ1n) is 7.34. The van der Waals surface area contributed by atoms with Gasteiger partial charge in [-0.3, -0.25) is 0 Å². The number of hydrogen-bond acceptors (Lipinski definition) is 3. The monoisotopic (exact) mass is 463 g/mol. The van der Waals surface area contributed by atoms with Crippen LogP contribution in [-0.4, -0.2) is 14.8 Å². The van der Waals surface area contributed by atoms with E-state index in [1.54, 1.807) is 11.8 Å². The Morgan fingerprint density at radius 1 is 1.00 bits per heavy atom. The van der Waals surface area contributed by atoms with Gasteiger partial charge in [-0.1, -0.05) is 74.0 Å².